The first-order valence-corrected chi connectivity index (χ1v) is 7.77. The average Bonchev–Trinajstić information content (AvgIpc) is 3.05. The summed E-state index contributed by atoms with van der Waals surface area (Å²) in [5.41, 5.74) is 4.15. The van der Waals surface area contributed by atoms with Crippen LogP contribution in [0.5, 0.6) is 0 Å². The number of fused-ring (bicyclic) bond motifs is 1. The fraction of sp³-hybridized carbons (Fsp3) is 0.111. The summed E-state index contributed by atoms with van der Waals surface area (Å²) in [7, 11) is 1.79. The largest absolute Gasteiger partial charge is 0.388 e. The molecule has 0 aliphatic heterocycles. The monoisotopic (exact) mass is 334 g/mol. The second-order valence-electron chi connectivity index (χ2n) is 5.62. The molecule has 0 saturated heterocycles. The van der Waals surface area contributed by atoms with Gasteiger partial charge in [0.25, 0.3) is 0 Å². The second-order valence-corrected chi connectivity index (χ2v) is 5.62. The van der Waals surface area contributed by atoms with E-state index in [1.54, 1.807) is 44.0 Å². The molecule has 3 aromatic heterocycles. The Morgan fingerprint density at radius 1 is 1.08 bits per heavy atom. The van der Waals surface area contributed by atoms with Gasteiger partial charge in [0.15, 0.2) is 5.65 Å². The van der Waals surface area contributed by atoms with Crippen LogP contribution in [-0.4, -0.2) is 31.8 Å². The van der Waals surface area contributed by atoms with E-state index in [1.165, 1.54) is 10.7 Å². The molecule has 4 rings (SSSR count). The molecule has 25 heavy (non-hydrogen) atoms. The zero-order chi connectivity index (χ0) is 17.4. The van der Waals surface area contributed by atoms with Crippen molar-refractivity contribution in [2.24, 2.45) is 0 Å². The summed E-state index contributed by atoms with van der Waals surface area (Å²) in [6.45, 7) is 1.90. The minimum Gasteiger partial charge on any atom is -0.388 e. The van der Waals surface area contributed by atoms with Gasteiger partial charge in [0.05, 0.1) is 11.4 Å². The van der Waals surface area contributed by atoms with E-state index in [2.05, 4.69) is 25.4 Å². The van der Waals surface area contributed by atoms with Gasteiger partial charge in [-0.05, 0) is 31.2 Å². The van der Waals surface area contributed by atoms with Crippen LogP contribution in [0.1, 0.15) is 5.69 Å². The molecule has 0 bridgehead atoms. The molecular formula is C18H15FN6. The molecule has 124 valence electrons. The highest BCUT2D eigenvalue weighted by Crippen LogP contribution is 2.24. The molecule has 0 aliphatic carbocycles. The molecule has 1 aromatic carbocycles. The van der Waals surface area contributed by atoms with Gasteiger partial charge in [-0.3, -0.25) is 9.97 Å². The van der Waals surface area contributed by atoms with Gasteiger partial charge in [-0.2, -0.15) is 0 Å². The molecule has 6 nitrogen and oxygen atoms in total. The van der Waals surface area contributed by atoms with Crippen LogP contribution in [0.15, 0.2) is 49.1 Å². The summed E-state index contributed by atoms with van der Waals surface area (Å²) < 4.78 is 15.7. The summed E-state index contributed by atoms with van der Waals surface area (Å²) in [6, 6.07) is 6.72. The molecule has 0 spiro atoms. The SMILES string of the molecule is CNc1ccc(F)c(-n2cc3cc(-c4nccnc4C)cnc3n2)c1. The van der Waals surface area contributed by atoms with Crippen LogP contribution in [0.2, 0.25) is 0 Å². The van der Waals surface area contributed by atoms with Gasteiger partial charge in [0.1, 0.15) is 11.5 Å². The predicted octanol–water partition coefficient (Wildman–Crippen LogP) is 3.37. The molecule has 0 fully saturated rings. The predicted molar refractivity (Wildman–Crippen MR) is 94.1 cm³/mol. The van der Waals surface area contributed by atoms with Gasteiger partial charge in [0.2, 0.25) is 0 Å². The first-order chi connectivity index (χ1) is 12.2. The zero-order valence-corrected chi connectivity index (χ0v) is 13.7. The minimum absolute atomic E-state index is 0.350. The maximum atomic E-state index is 14.2. The van der Waals surface area contributed by atoms with E-state index >= 15 is 0 Å². The Kier molecular flexibility index (Phi) is 3.61. The highest BCUT2D eigenvalue weighted by molar-refractivity contribution is 5.80. The molecule has 0 atom stereocenters. The number of benzene rings is 1. The van der Waals surface area contributed by atoms with Crippen molar-refractivity contribution in [3.63, 3.8) is 0 Å². The average molecular weight is 334 g/mol. The Morgan fingerprint density at radius 2 is 1.92 bits per heavy atom. The number of hydrogen-bond acceptors (Lipinski definition) is 5. The number of rotatable bonds is 3. The fourth-order valence-electron chi connectivity index (χ4n) is 2.70. The van der Waals surface area contributed by atoms with E-state index in [-0.39, 0.29) is 5.82 Å². The quantitative estimate of drug-likeness (QED) is 0.622. The molecule has 0 aliphatic rings. The van der Waals surface area contributed by atoms with E-state index in [9.17, 15) is 4.39 Å². The van der Waals surface area contributed by atoms with Crippen LogP contribution in [0.4, 0.5) is 10.1 Å². The molecule has 0 amide bonds. The van der Waals surface area contributed by atoms with E-state index in [0.717, 1.165) is 28.0 Å². The van der Waals surface area contributed by atoms with Crippen LogP contribution in [-0.2, 0) is 0 Å². The maximum absolute atomic E-state index is 14.2. The third-order valence-electron chi connectivity index (χ3n) is 4.00. The number of aromatic nitrogens is 5. The number of hydrogen-bond donors (Lipinski definition) is 1. The fourth-order valence-corrected chi connectivity index (χ4v) is 2.70. The molecule has 7 heteroatoms. The van der Waals surface area contributed by atoms with Crippen molar-refractivity contribution >= 4 is 16.7 Å². The van der Waals surface area contributed by atoms with Gasteiger partial charge in [-0.1, -0.05) is 0 Å². The molecular weight excluding hydrogens is 319 g/mol. The highest BCUT2D eigenvalue weighted by atomic mass is 19.1. The Bertz CT molecular complexity index is 1070. The maximum Gasteiger partial charge on any atom is 0.181 e. The molecule has 1 N–H and O–H groups in total. The minimum atomic E-state index is -0.350. The summed E-state index contributed by atoms with van der Waals surface area (Å²) >= 11 is 0. The molecule has 4 aromatic rings. The van der Waals surface area contributed by atoms with Crippen molar-refractivity contribution in [1.82, 2.24) is 24.7 Å². The Morgan fingerprint density at radius 3 is 2.72 bits per heavy atom. The lowest BCUT2D eigenvalue weighted by Crippen LogP contribution is -2.00. The number of nitrogens with zero attached hydrogens (tertiary/aromatic N) is 5. The zero-order valence-electron chi connectivity index (χ0n) is 13.7. The summed E-state index contributed by atoms with van der Waals surface area (Å²) in [6.07, 6.45) is 6.77. The highest BCUT2D eigenvalue weighted by Gasteiger charge is 2.11. The first-order valence-electron chi connectivity index (χ1n) is 7.77. The van der Waals surface area contributed by atoms with Crippen molar-refractivity contribution in [2.45, 2.75) is 6.92 Å². The van der Waals surface area contributed by atoms with Crippen LogP contribution in [0.25, 0.3) is 28.0 Å². The molecule has 3 heterocycles. The Hall–Kier alpha value is -3.35. The van der Waals surface area contributed by atoms with Crippen LogP contribution < -0.4 is 5.32 Å². The Balaban J connectivity index is 1.83. The Labute approximate surface area is 143 Å². The van der Waals surface area contributed by atoms with Crippen LogP contribution in [0, 0.1) is 12.7 Å². The van der Waals surface area contributed by atoms with Gasteiger partial charge >= 0.3 is 0 Å². The second kappa shape index (κ2) is 5.94. The lowest BCUT2D eigenvalue weighted by atomic mass is 10.1. The number of aryl methyl sites for hydroxylation is 1. The summed E-state index contributed by atoms with van der Waals surface area (Å²) in [4.78, 5) is 13.0. The van der Waals surface area contributed by atoms with Crippen molar-refractivity contribution < 1.29 is 4.39 Å². The van der Waals surface area contributed by atoms with Gasteiger partial charge in [-0.15, -0.1) is 5.10 Å². The van der Waals surface area contributed by atoms with Crippen molar-refractivity contribution in [2.75, 3.05) is 12.4 Å². The van der Waals surface area contributed by atoms with E-state index in [0.29, 0.717) is 11.3 Å². The smallest absolute Gasteiger partial charge is 0.181 e. The van der Waals surface area contributed by atoms with Gasteiger partial charge < -0.3 is 5.32 Å². The number of halogens is 1. The first kappa shape index (κ1) is 15.2. The van der Waals surface area contributed by atoms with Crippen LogP contribution in [0.3, 0.4) is 0 Å². The van der Waals surface area contributed by atoms with Crippen molar-refractivity contribution in [3.05, 3.63) is 60.6 Å². The van der Waals surface area contributed by atoms with Gasteiger partial charge in [-0.25, -0.2) is 14.1 Å². The van der Waals surface area contributed by atoms with E-state index in [4.69, 9.17) is 0 Å². The number of nitrogens with one attached hydrogen (secondary N) is 1. The van der Waals surface area contributed by atoms with Gasteiger partial charge in [0, 0.05) is 48.5 Å². The molecule has 0 unspecified atom stereocenters. The lowest BCUT2D eigenvalue weighted by Gasteiger charge is -2.05. The molecule has 0 radical (unpaired) electrons. The normalized spacial score (nSPS) is 11.0. The third kappa shape index (κ3) is 2.69. The number of pyridine rings is 1. The third-order valence-corrected chi connectivity index (χ3v) is 4.00. The molecule has 0 saturated carbocycles. The summed E-state index contributed by atoms with van der Waals surface area (Å²) in [5.74, 6) is -0.350. The standard InChI is InChI=1S/C18H15FN6/c1-11-17(22-6-5-21-11)12-7-13-10-25(24-18(13)23-9-12)16-8-14(20-2)3-4-15(16)19/h3-10,20H,1-2H3. The van der Waals surface area contributed by atoms with E-state index in [1.807, 2.05) is 13.0 Å². The summed E-state index contributed by atoms with van der Waals surface area (Å²) in [5, 5.41) is 8.18. The lowest BCUT2D eigenvalue weighted by molar-refractivity contribution is 0.611. The van der Waals surface area contributed by atoms with E-state index < -0.39 is 0 Å². The topological polar surface area (TPSA) is 68.5 Å². The number of anilines is 1. The van der Waals surface area contributed by atoms with Crippen molar-refractivity contribution in [3.8, 4) is 16.9 Å². The van der Waals surface area contributed by atoms with Crippen LogP contribution >= 0.6 is 0 Å². The van der Waals surface area contributed by atoms with Crippen molar-refractivity contribution in [1.29, 1.82) is 0 Å².